The fraction of sp³-hybridized carbons (Fsp3) is 0.969. The van der Waals surface area contributed by atoms with Gasteiger partial charge in [0.15, 0.2) is 0 Å². The van der Waals surface area contributed by atoms with Gasteiger partial charge < -0.3 is 42.6 Å². The van der Waals surface area contributed by atoms with E-state index in [4.69, 9.17) is 15.3 Å². The van der Waals surface area contributed by atoms with Gasteiger partial charge in [-0.25, -0.2) is 0 Å². The van der Waals surface area contributed by atoms with Gasteiger partial charge in [-0.1, -0.05) is 111 Å². The molecule has 0 radical (unpaired) electrons. The van der Waals surface area contributed by atoms with Crippen molar-refractivity contribution < 1.29 is 42.1 Å². The maximum Gasteiger partial charge on any atom is 0.249 e. The van der Waals surface area contributed by atoms with E-state index < -0.39 is 17.4 Å². The minimum absolute atomic E-state index is 0. The van der Waals surface area contributed by atoms with Crippen LogP contribution in [0, 0.1) is 5.41 Å². The van der Waals surface area contributed by atoms with E-state index in [2.05, 4.69) is 26.3 Å². The molecule has 0 saturated carbocycles. The van der Waals surface area contributed by atoms with Crippen molar-refractivity contribution in [2.45, 2.75) is 142 Å². The van der Waals surface area contributed by atoms with Crippen molar-refractivity contribution in [3.05, 3.63) is 0 Å². The molecule has 1 unspecified atom stereocenters. The van der Waals surface area contributed by atoms with Gasteiger partial charge in [0, 0.05) is 31.6 Å². The molecule has 40 heavy (non-hydrogen) atoms. The first kappa shape index (κ1) is 44.0. The van der Waals surface area contributed by atoms with Gasteiger partial charge in [0.05, 0.1) is 33.8 Å². The molecule has 0 aliphatic rings. The zero-order valence-corrected chi connectivity index (χ0v) is 27.8. The van der Waals surface area contributed by atoms with Gasteiger partial charge in [-0.05, 0) is 19.3 Å². The van der Waals surface area contributed by atoms with E-state index >= 15 is 0 Å². The first-order chi connectivity index (χ1) is 18.6. The fourth-order valence-corrected chi connectivity index (χ4v) is 4.53. The highest BCUT2D eigenvalue weighted by atomic mass is 35.5. The van der Waals surface area contributed by atoms with Gasteiger partial charge in [0.1, 0.15) is 6.10 Å². The highest BCUT2D eigenvalue weighted by molar-refractivity contribution is 5.81. The van der Waals surface area contributed by atoms with E-state index in [0.717, 1.165) is 17.4 Å². The summed E-state index contributed by atoms with van der Waals surface area (Å²) in [5, 5.41) is 38.3. The van der Waals surface area contributed by atoms with Crippen LogP contribution in [-0.4, -0.2) is 90.5 Å². The molecule has 5 N–H and O–H groups in total. The molecule has 1 atom stereocenters. The first-order valence-corrected chi connectivity index (χ1v) is 16.2. The second-order valence-electron chi connectivity index (χ2n) is 12.7. The van der Waals surface area contributed by atoms with Crippen LogP contribution in [0.2, 0.25) is 0 Å². The quantitative estimate of drug-likeness (QED) is 0.0779. The van der Waals surface area contributed by atoms with E-state index in [1.807, 2.05) is 0 Å². The number of unbranched alkanes of at least 4 members (excludes halogenated alkanes) is 15. The number of amides is 1. The number of carbonyl (C=O) groups excluding carboxylic acids is 1. The molecule has 0 rings (SSSR count). The molecule has 0 aromatic heterocycles. The SMILES string of the molecule is CC(C)(CO)C(O)C(=O)NCCCO.CCCCCCCCCCCCCCCCCC[N+](C)(C)CCCO.[Cl-]. The van der Waals surface area contributed by atoms with Crippen LogP contribution in [0.4, 0.5) is 0 Å². The van der Waals surface area contributed by atoms with Crippen LogP contribution in [0.15, 0.2) is 0 Å². The molecule has 244 valence electrons. The lowest BCUT2D eigenvalue weighted by Crippen LogP contribution is -3.00. The zero-order chi connectivity index (χ0) is 29.8. The van der Waals surface area contributed by atoms with Crippen molar-refractivity contribution in [1.82, 2.24) is 5.32 Å². The Bertz CT molecular complexity index is 535. The molecule has 1 amide bonds. The maximum absolute atomic E-state index is 11.3. The number of nitrogens with zero attached hydrogens (tertiary/aromatic N) is 1. The Hall–Kier alpha value is -0.440. The first-order valence-electron chi connectivity index (χ1n) is 16.2. The molecule has 0 aromatic carbocycles. The van der Waals surface area contributed by atoms with Crippen molar-refractivity contribution >= 4 is 5.91 Å². The van der Waals surface area contributed by atoms with Gasteiger partial charge in [-0.2, -0.15) is 0 Å². The number of nitrogens with one attached hydrogen (secondary N) is 1. The topological polar surface area (TPSA) is 110 Å². The summed E-state index contributed by atoms with van der Waals surface area (Å²) in [5.41, 5.74) is -0.844. The van der Waals surface area contributed by atoms with Crippen molar-refractivity contribution in [1.29, 1.82) is 0 Å². The average molecular weight is 597 g/mol. The van der Waals surface area contributed by atoms with E-state index in [1.165, 1.54) is 109 Å². The molecular formula is C32H69ClN2O5. The Morgan fingerprint density at radius 1 is 0.675 bits per heavy atom. The maximum atomic E-state index is 11.3. The normalized spacial score (nSPS) is 12.3. The van der Waals surface area contributed by atoms with E-state index in [1.54, 1.807) is 13.8 Å². The Balaban J connectivity index is -0.000000777. The van der Waals surface area contributed by atoms with Crippen molar-refractivity contribution in [2.24, 2.45) is 5.41 Å². The highest BCUT2D eigenvalue weighted by Gasteiger charge is 2.32. The van der Waals surface area contributed by atoms with Gasteiger partial charge in [-0.15, -0.1) is 0 Å². The molecule has 0 spiro atoms. The average Bonchev–Trinajstić information content (AvgIpc) is 2.91. The number of hydrogen-bond acceptors (Lipinski definition) is 5. The Labute approximate surface area is 254 Å². The lowest BCUT2D eigenvalue weighted by atomic mass is 9.87. The fourth-order valence-electron chi connectivity index (χ4n) is 4.53. The smallest absolute Gasteiger partial charge is 0.249 e. The van der Waals surface area contributed by atoms with Crippen LogP contribution in [0.1, 0.15) is 136 Å². The third-order valence-corrected chi connectivity index (χ3v) is 7.57. The van der Waals surface area contributed by atoms with Crippen LogP contribution >= 0.6 is 0 Å². The van der Waals surface area contributed by atoms with Gasteiger partial charge in [0.2, 0.25) is 5.91 Å². The third-order valence-electron chi connectivity index (χ3n) is 7.57. The summed E-state index contributed by atoms with van der Waals surface area (Å²) >= 11 is 0. The molecule has 0 aliphatic carbocycles. The summed E-state index contributed by atoms with van der Waals surface area (Å²) in [5.74, 6) is -0.516. The number of aliphatic hydroxyl groups is 4. The largest absolute Gasteiger partial charge is 1.00 e. The Morgan fingerprint density at radius 3 is 1.43 bits per heavy atom. The number of aliphatic hydroxyl groups excluding tert-OH is 4. The second-order valence-corrected chi connectivity index (χ2v) is 12.7. The molecule has 0 fully saturated rings. The Morgan fingerprint density at radius 2 is 1.05 bits per heavy atom. The summed E-state index contributed by atoms with van der Waals surface area (Å²) in [4.78, 5) is 11.3. The minimum Gasteiger partial charge on any atom is -1.00 e. The number of rotatable bonds is 26. The van der Waals surface area contributed by atoms with Crippen LogP contribution in [0.5, 0.6) is 0 Å². The van der Waals surface area contributed by atoms with Crippen LogP contribution in [0.3, 0.4) is 0 Å². The Kier molecular flexibility index (Phi) is 33.0. The molecule has 8 heteroatoms. The van der Waals surface area contributed by atoms with Crippen LogP contribution < -0.4 is 17.7 Å². The predicted octanol–water partition coefficient (Wildman–Crippen LogP) is 2.58. The van der Waals surface area contributed by atoms with Crippen molar-refractivity contribution in [3.63, 3.8) is 0 Å². The van der Waals surface area contributed by atoms with Crippen LogP contribution in [-0.2, 0) is 4.79 Å². The van der Waals surface area contributed by atoms with Crippen LogP contribution in [0.25, 0.3) is 0 Å². The second kappa shape index (κ2) is 30.0. The lowest BCUT2D eigenvalue weighted by molar-refractivity contribution is -0.890. The number of carbonyl (C=O) groups is 1. The lowest BCUT2D eigenvalue weighted by Gasteiger charge is -2.29. The van der Waals surface area contributed by atoms with E-state index in [-0.39, 0.29) is 25.6 Å². The number of quaternary nitrogens is 1. The standard InChI is InChI=1S/C23H50NO.C9H19NO4.ClH/c1-4-5-6-7-8-9-10-11-12-13-14-15-16-17-18-19-21-24(2,3)22-20-23-25;1-9(2,6-12)7(13)8(14)10-4-3-5-11;/h25H,4-23H2,1-3H3;7,11-13H,3-6H2,1-2H3,(H,10,14);1H/q+1;;/p-1. The number of hydrogen-bond donors (Lipinski definition) is 5. The summed E-state index contributed by atoms with van der Waals surface area (Å²) in [6.07, 6.45) is 23.1. The van der Waals surface area contributed by atoms with E-state index in [9.17, 15) is 9.90 Å². The minimum atomic E-state index is -1.23. The monoisotopic (exact) mass is 596 g/mol. The molecule has 0 saturated heterocycles. The molecule has 7 nitrogen and oxygen atoms in total. The molecule has 0 aromatic rings. The van der Waals surface area contributed by atoms with E-state index in [0.29, 0.717) is 19.6 Å². The van der Waals surface area contributed by atoms with Gasteiger partial charge >= 0.3 is 0 Å². The zero-order valence-electron chi connectivity index (χ0n) is 27.1. The molecule has 0 aliphatic heterocycles. The summed E-state index contributed by atoms with van der Waals surface area (Å²) in [6.45, 7) is 8.26. The van der Waals surface area contributed by atoms with Crippen molar-refractivity contribution in [2.75, 3.05) is 53.6 Å². The number of halogens is 1. The molecule has 0 bridgehead atoms. The molecule has 0 heterocycles. The van der Waals surface area contributed by atoms with Gasteiger partial charge in [-0.3, -0.25) is 4.79 Å². The molecular weight excluding hydrogens is 528 g/mol. The summed E-state index contributed by atoms with van der Waals surface area (Å²) in [6, 6.07) is 0. The highest BCUT2D eigenvalue weighted by Crippen LogP contribution is 2.19. The summed E-state index contributed by atoms with van der Waals surface area (Å²) in [7, 11) is 4.59. The predicted molar refractivity (Wildman–Crippen MR) is 165 cm³/mol. The van der Waals surface area contributed by atoms with Crippen molar-refractivity contribution in [3.8, 4) is 0 Å². The third kappa shape index (κ3) is 29.1. The summed E-state index contributed by atoms with van der Waals surface area (Å²) < 4.78 is 1.07. The van der Waals surface area contributed by atoms with Gasteiger partial charge in [0.25, 0.3) is 0 Å².